The second-order valence-corrected chi connectivity index (χ2v) is 8.00. The fourth-order valence-corrected chi connectivity index (χ4v) is 3.65. The minimum absolute atomic E-state index is 0.153. The summed E-state index contributed by atoms with van der Waals surface area (Å²) < 4.78 is 16.9. The van der Waals surface area contributed by atoms with Crippen LogP contribution in [0, 0.1) is 0 Å². The maximum absolute atomic E-state index is 12.6. The third-order valence-corrected chi connectivity index (χ3v) is 5.42. The first-order valence-electron chi connectivity index (χ1n) is 11.6. The second-order valence-electron chi connectivity index (χ2n) is 8.00. The molecule has 1 heterocycles. The summed E-state index contributed by atoms with van der Waals surface area (Å²) in [5.41, 5.74) is 2.22. The predicted octanol–water partition coefficient (Wildman–Crippen LogP) is 6.50. The van der Waals surface area contributed by atoms with Crippen molar-refractivity contribution in [2.75, 3.05) is 25.1 Å². The molecule has 1 fully saturated rings. The first kappa shape index (κ1) is 23.3. The van der Waals surface area contributed by atoms with Crippen LogP contribution in [0.1, 0.15) is 80.5 Å². The van der Waals surface area contributed by atoms with Crippen molar-refractivity contribution in [2.24, 2.45) is 0 Å². The number of anilines is 1. The van der Waals surface area contributed by atoms with Gasteiger partial charge in [-0.05, 0) is 42.8 Å². The number of unbranched alkanes of at least 4 members (excludes halogenated alkanes) is 7. The molecule has 5 nitrogen and oxygen atoms in total. The Morgan fingerprint density at radius 2 is 1.61 bits per heavy atom. The Bertz CT molecular complexity index is 784. The zero-order valence-corrected chi connectivity index (χ0v) is 18.6. The predicted molar refractivity (Wildman–Crippen MR) is 124 cm³/mol. The summed E-state index contributed by atoms with van der Waals surface area (Å²) in [7, 11) is 0. The van der Waals surface area contributed by atoms with E-state index in [-0.39, 0.29) is 12.2 Å². The second kappa shape index (κ2) is 13.1. The molecular weight excluding hydrogens is 390 g/mol. The molecule has 168 valence electrons. The Morgan fingerprint density at radius 1 is 0.935 bits per heavy atom. The highest BCUT2D eigenvalue weighted by Crippen LogP contribution is 2.25. The van der Waals surface area contributed by atoms with E-state index in [1.165, 1.54) is 44.9 Å². The third kappa shape index (κ3) is 8.00. The molecule has 2 aromatic carbocycles. The summed E-state index contributed by atoms with van der Waals surface area (Å²) in [6, 6.07) is 14.9. The molecule has 0 saturated carbocycles. The van der Waals surface area contributed by atoms with Gasteiger partial charge in [-0.2, -0.15) is 0 Å². The van der Waals surface area contributed by atoms with Crippen LogP contribution >= 0.6 is 0 Å². The Hall–Kier alpha value is -2.37. The number of hydrogen-bond donors (Lipinski definition) is 1. The summed E-state index contributed by atoms with van der Waals surface area (Å²) >= 11 is 0. The SMILES string of the molecule is CCCCCCCCCCOc1ccc(C(=O)Nc2cccc(C3OCCO3)c2)cc1. The first-order chi connectivity index (χ1) is 15.3. The first-order valence-corrected chi connectivity index (χ1v) is 11.6. The highest BCUT2D eigenvalue weighted by molar-refractivity contribution is 6.04. The van der Waals surface area contributed by atoms with Crippen molar-refractivity contribution in [1.29, 1.82) is 0 Å². The van der Waals surface area contributed by atoms with Crippen LogP contribution in [0.5, 0.6) is 5.75 Å². The highest BCUT2D eigenvalue weighted by atomic mass is 16.7. The van der Waals surface area contributed by atoms with Gasteiger partial charge >= 0.3 is 0 Å². The van der Waals surface area contributed by atoms with E-state index in [9.17, 15) is 4.79 Å². The minimum Gasteiger partial charge on any atom is -0.494 e. The molecule has 1 saturated heterocycles. The Kier molecular flexibility index (Phi) is 9.87. The lowest BCUT2D eigenvalue weighted by molar-refractivity contribution is -0.0440. The fourth-order valence-electron chi connectivity index (χ4n) is 3.65. The summed E-state index contributed by atoms with van der Waals surface area (Å²) in [5, 5.41) is 2.94. The molecule has 5 heteroatoms. The van der Waals surface area contributed by atoms with Crippen LogP contribution in [0.4, 0.5) is 5.69 Å². The van der Waals surface area contributed by atoms with Crippen LogP contribution in [0.15, 0.2) is 48.5 Å². The van der Waals surface area contributed by atoms with Crippen molar-refractivity contribution in [3.63, 3.8) is 0 Å². The number of carbonyl (C=O) groups excluding carboxylic acids is 1. The maximum Gasteiger partial charge on any atom is 0.255 e. The molecule has 0 radical (unpaired) electrons. The Morgan fingerprint density at radius 3 is 2.32 bits per heavy atom. The van der Waals surface area contributed by atoms with Crippen LogP contribution in [-0.2, 0) is 9.47 Å². The smallest absolute Gasteiger partial charge is 0.255 e. The van der Waals surface area contributed by atoms with Crippen molar-refractivity contribution in [3.05, 3.63) is 59.7 Å². The monoisotopic (exact) mass is 425 g/mol. The molecule has 0 unspecified atom stereocenters. The molecule has 31 heavy (non-hydrogen) atoms. The van der Waals surface area contributed by atoms with Gasteiger partial charge in [0.15, 0.2) is 6.29 Å². The van der Waals surface area contributed by atoms with Gasteiger partial charge in [-0.1, -0.05) is 64.0 Å². The zero-order valence-electron chi connectivity index (χ0n) is 18.6. The number of ether oxygens (including phenoxy) is 3. The van der Waals surface area contributed by atoms with Crippen molar-refractivity contribution in [3.8, 4) is 5.75 Å². The van der Waals surface area contributed by atoms with Gasteiger partial charge in [-0.25, -0.2) is 0 Å². The van der Waals surface area contributed by atoms with Crippen LogP contribution in [0.2, 0.25) is 0 Å². The van der Waals surface area contributed by atoms with Gasteiger partial charge in [0.1, 0.15) is 5.75 Å². The minimum atomic E-state index is -0.352. The topological polar surface area (TPSA) is 56.8 Å². The molecule has 2 aromatic rings. The summed E-state index contributed by atoms with van der Waals surface area (Å²) in [5.74, 6) is 0.650. The molecular formula is C26H35NO4. The molecule has 1 aliphatic rings. The van der Waals surface area contributed by atoms with Gasteiger partial charge in [0.25, 0.3) is 5.91 Å². The molecule has 0 aliphatic carbocycles. The normalized spacial score (nSPS) is 14.0. The molecule has 0 atom stereocenters. The average molecular weight is 426 g/mol. The zero-order chi connectivity index (χ0) is 21.7. The third-order valence-electron chi connectivity index (χ3n) is 5.42. The Labute approximate surface area is 186 Å². The molecule has 3 rings (SSSR count). The van der Waals surface area contributed by atoms with Gasteiger partial charge in [-0.3, -0.25) is 4.79 Å². The number of hydrogen-bond acceptors (Lipinski definition) is 4. The van der Waals surface area contributed by atoms with E-state index >= 15 is 0 Å². The van der Waals surface area contributed by atoms with E-state index in [2.05, 4.69) is 12.2 Å². The lowest BCUT2D eigenvalue weighted by atomic mass is 10.1. The van der Waals surface area contributed by atoms with E-state index in [0.29, 0.717) is 18.8 Å². The van der Waals surface area contributed by atoms with E-state index in [1.54, 1.807) is 12.1 Å². The lowest BCUT2D eigenvalue weighted by Gasteiger charge is -2.12. The Balaban J connectivity index is 1.37. The molecule has 1 N–H and O–H groups in total. The quantitative estimate of drug-likeness (QED) is 0.372. The number of carbonyl (C=O) groups is 1. The maximum atomic E-state index is 12.6. The van der Waals surface area contributed by atoms with Gasteiger partial charge in [0, 0.05) is 16.8 Å². The van der Waals surface area contributed by atoms with Crippen molar-refractivity contribution in [1.82, 2.24) is 0 Å². The van der Waals surface area contributed by atoms with E-state index in [4.69, 9.17) is 14.2 Å². The molecule has 0 spiro atoms. The van der Waals surface area contributed by atoms with Gasteiger partial charge in [0.05, 0.1) is 19.8 Å². The van der Waals surface area contributed by atoms with Gasteiger partial charge in [-0.15, -0.1) is 0 Å². The van der Waals surface area contributed by atoms with Gasteiger partial charge in [0.2, 0.25) is 0 Å². The van der Waals surface area contributed by atoms with E-state index in [1.807, 2.05) is 36.4 Å². The number of benzene rings is 2. The molecule has 0 bridgehead atoms. The van der Waals surface area contributed by atoms with Crippen LogP contribution < -0.4 is 10.1 Å². The van der Waals surface area contributed by atoms with E-state index < -0.39 is 0 Å². The van der Waals surface area contributed by atoms with Crippen LogP contribution in [0.25, 0.3) is 0 Å². The fraction of sp³-hybridized carbons (Fsp3) is 0.500. The van der Waals surface area contributed by atoms with Gasteiger partial charge < -0.3 is 19.5 Å². The van der Waals surface area contributed by atoms with E-state index in [0.717, 1.165) is 30.0 Å². The number of nitrogens with one attached hydrogen (secondary N) is 1. The standard InChI is InChI=1S/C26H35NO4/c1-2-3-4-5-6-7-8-9-17-29-24-15-13-21(14-16-24)25(28)27-23-12-10-11-22(20-23)26-30-18-19-31-26/h10-16,20,26H,2-9,17-19H2,1H3,(H,27,28). The lowest BCUT2D eigenvalue weighted by Crippen LogP contribution is -2.12. The largest absolute Gasteiger partial charge is 0.494 e. The van der Waals surface area contributed by atoms with Crippen molar-refractivity contribution >= 4 is 11.6 Å². The number of amides is 1. The highest BCUT2D eigenvalue weighted by Gasteiger charge is 2.18. The molecule has 1 amide bonds. The average Bonchev–Trinajstić information content (AvgIpc) is 3.34. The summed E-state index contributed by atoms with van der Waals surface area (Å²) in [6.07, 6.45) is 9.91. The van der Waals surface area contributed by atoms with Crippen molar-refractivity contribution < 1.29 is 19.0 Å². The summed E-state index contributed by atoms with van der Waals surface area (Å²) in [6.45, 7) is 4.15. The number of rotatable bonds is 13. The summed E-state index contributed by atoms with van der Waals surface area (Å²) in [4.78, 5) is 12.6. The van der Waals surface area contributed by atoms with Crippen molar-refractivity contribution in [2.45, 2.75) is 64.6 Å². The van der Waals surface area contributed by atoms with Crippen LogP contribution in [-0.4, -0.2) is 25.7 Å². The molecule has 1 aliphatic heterocycles. The molecule has 0 aromatic heterocycles. The van der Waals surface area contributed by atoms with Crippen LogP contribution in [0.3, 0.4) is 0 Å².